The topological polar surface area (TPSA) is 52.6 Å². The second kappa shape index (κ2) is 8.18. The molecule has 0 N–H and O–H groups in total. The van der Waals surface area contributed by atoms with Gasteiger partial charge in [0.05, 0.1) is 26.1 Å². The summed E-state index contributed by atoms with van der Waals surface area (Å²) in [5.74, 6) is -2.80. The minimum atomic E-state index is -0.860. The Morgan fingerprint density at radius 1 is 0.708 bits per heavy atom. The molecule has 4 nitrogen and oxygen atoms in total. The SMILES string of the molecule is COC(=O)[C@H](c1ccc(Cl)cc1)[C@H](C(=O)OC)c1ccc(Cl)cc1. The van der Waals surface area contributed by atoms with Crippen molar-refractivity contribution >= 4 is 35.1 Å². The number of ether oxygens (including phenoxy) is 2. The maximum Gasteiger partial charge on any atom is 0.314 e. The fourth-order valence-electron chi connectivity index (χ4n) is 2.52. The van der Waals surface area contributed by atoms with Gasteiger partial charge in [-0.1, -0.05) is 47.5 Å². The molecule has 0 saturated heterocycles. The van der Waals surface area contributed by atoms with E-state index in [1.54, 1.807) is 48.5 Å². The van der Waals surface area contributed by atoms with Crippen molar-refractivity contribution < 1.29 is 19.1 Å². The van der Waals surface area contributed by atoms with Gasteiger partial charge in [-0.15, -0.1) is 0 Å². The molecule has 0 fully saturated rings. The first-order valence-corrected chi connectivity index (χ1v) is 7.90. The average molecular weight is 367 g/mol. The minimum absolute atomic E-state index is 0.531. The Balaban J connectivity index is 2.56. The Kier molecular flexibility index (Phi) is 6.23. The number of esters is 2. The van der Waals surface area contributed by atoms with Crippen LogP contribution in [-0.2, 0) is 19.1 Å². The van der Waals surface area contributed by atoms with Gasteiger partial charge in [0, 0.05) is 10.0 Å². The van der Waals surface area contributed by atoms with Gasteiger partial charge in [-0.25, -0.2) is 0 Å². The van der Waals surface area contributed by atoms with E-state index in [0.29, 0.717) is 21.2 Å². The second-order valence-corrected chi connectivity index (χ2v) is 5.98. The van der Waals surface area contributed by atoms with Crippen molar-refractivity contribution in [3.63, 3.8) is 0 Å². The lowest BCUT2D eigenvalue weighted by Gasteiger charge is -2.24. The van der Waals surface area contributed by atoms with Crippen molar-refractivity contribution in [1.29, 1.82) is 0 Å². The molecule has 2 rings (SSSR count). The molecule has 0 unspecified atom stereocenters. The lowest BCUT2D eigenvalue weighted by molar-refractivity contribution is -0.150. The fraction of sp³-hybridized carbons (Fsp3) is 0.222. The third kappa shape index (κ3) is 4.08. The monoisotopic (exact) mass is 366 g/mol. The molecule has 0 heterocycles. The van der Waals surface area contributed by atoms with E-state index in [0.717, 1.165) is 0 Å². The Hall–Kier alpha value is -2.04. The third-order valence-electron chi connectivity index (χ3n) is 3.70. The summed E-state index contributed by atoms with van der Waals surface area (Å²) in [5.41, 5.74) is 1.22. The maximum absolute atomic E-state index is 12.4. The summed E-state index contributed by atoms with van der Waals surface area (Å²) in [6.45, 7) is 0. The molecular weight excluding hydrogens is 351 g/mol. The average Bonchev–Trinajstić information content (AvgIpc) is 2.60. The molecule has 0 saturated carbocycles. The van der Waals surface area contributed by atoms with E-state index in [1.165, 1.54) is 14.2 Å². The van der Waals surface area contributed by atoms with Gasteiger partial charge in [0.1, 0.15) is 0 Å². The second-order valence-electron chi connectivity index (χ2n) is 5.10. The molecule has 0 amide bonds. The zero-order chi connectivity index (χ0) is 17.7. The standard InChI is InChI=1S/C18H16Cl2O4/c1-23-17(21)15(11-3-7-13(19)8-4-11)16(18(22)24-2)12-5-9-14(20)10-6-12/h3-10,15-16H,1-2H3/t15-,16-/m1/s1. The van der Waals surface area contributed by atoms with Crippen LogP contribution in [0.2, 0.25) is 10.0 Å². The smallest absolute Gasteiger partial charge is 0.314 e. The summed E-state index contributed by atoms with van der Waals surface area (Å²) in [6, 6.07) is 13.4. The van der Waals surface area contributed by atoms with Crippen LogP contribution in [-0.4, -0.2) is 26.2 Å². The summed E-state index contributed by atoms with van der Waals surface area (Å²) < 4.78 is 9.82. The molecule has 2 atom stereocenters. The normalized spacial score (nSPS) is 13.0. The van der Waals surface area contributed by atoms with E-state index >= 15 is 0 Å². The molecule has 0 radical (unpaired) electrons. The quantitative estimate of drug-likeness (QED) is 0.743. The van der Waals surface area contributed by atoms with E-state index in [-0.39, 0.29) is 0 Å². The predicted octanol–water partition coefficient (Wildman–Crippen LogP) is 4.21. The lowest BCUT2D eigenvalue weighted by Crippen LogP contribution is -2.28. The molecular formula is C18H16Cl2O4. The fourth-order valence-corrected chi connectivity index (χ4v) is 2.78. The highest BCUT2D eigenvalue weighted by Crippen LogP contribution is 2.36. The van der Waals surface area contributed by atoms with Gasteiger partial charge in [0.2, 0.25) is 0 Å². The van der Waals surface area contributed by atoms with E-state index < -0.39 is 23.8 Å². The molecule has 6 heteroatoms. The lowest BCUT2D eigenvalue weighted by atomic mass is 9.81. The van der Waals surface area contributed by atoms with Crippen LogP contribution >= 0.6 is 23.2 Å². The van der Waals surface area contributed by atoms with Gasteiger partial charge in [-0.3, -0.25) is 9.59 Å². The van der Waals surface area contributed by atoms with Crippen LogP contribution in [0.4, 0.5) is 0 Å². The Morgan fingerprint density at radius 3 is 1.25 bits per heavy atom. The number of carbonyl (C=O) groups excluding carboxylic acids is 2. The van der Waals surface area contributed by atoms with Crippen LogP contribution in [0.25, 0.3) is 0 Å². The number of halogens is 2. The number of methoxy groups -OCH3 is 2. The highest BCUT2D eigenvalue weighted by Gasteiger charge is 2.38. The molecule has 0 spiro atoms. The zero-order valence-electron chi connectivity index (χ0n) is 13.2. The number of hydrogen-bond donors (Lipinski definition) is 0. The van der Waals surface area contributed by atoms with Gasteiger partial charge in [-0.2, -0.15) is 0 Å². The van der Waals surface area contributed by atoms with Crippen molar-refractivity contribution in [3.8, 4) is 0 Å². The summed E-state index contributed by atoms with van der Waals surface area (Å²) >= 11 is 11.8. The molecule has 0 aliphatic carbocycles. The summed E-state index contributed by atoms with van der Waals surface area (Å²) in [4.78, 5) is 24.8. The van der Waals surface area contributed by atoms with Crippen molar-refractivity contribution in [3.05, 3.63) is 69.7 Å². The van der Waals surface area contributed by atoms with E-state index in [1.807, 2.05) is 0 Å². The van der Waals surface area contributed by atoms with Crippen molar-refractivity contribution in [2.75, 3.05) is 14.2 Å². The van der Waals surface area contributed by atoms with E-state index in [4.69, 9.17) is 32.7 Å². The van der Waals surface area contributed by atoms with Gasteiger partial charge in [-0.05, 0) is 35.4 Å². The highest BCUT2D eigenvalue weighted by molar-refractivity contribution is 6.30. The van der Waals surface area contributed by atoms with Gasteiger partial charge >= 0.3 is 11.9 Å². The van der Waals surface area contributed by atoms with Gasteiger partial charge in [0.25, 0.3) is 0 Å². The molecule has 24 heavy (non-hydrogen) atoms. The van der Waals surface area contributed by atoms with Gasteiger partial charge in [0.15, 0.2) is 0 Å². The molecule has 126 valence electrons. The maximum atomic E-state index is 12.4. The Labute approximate surface area is 150 Å². The van der Waals surface area contributed by atoms with Crippen molar-refractivity contribution in [2.45, 2.75) is 11.8 Å². The molecule has 0 aromatic heterocycles. The number of benzene rings is 2. The van der Waals surface area contributed by atoms with Crippen molar-refractivity contribution in [2.24, 2.45) is 0 Å². The Bertz CT molecular complexity index is 647. The first-order valence-electron chi connectivity index (χ1n) is 7.14. The van der Waals surface area contributed by atoms with E-state index in [9.17, 15) is 9.59 Å². The number of hydrogen-bond acceptors (Lipinski definition) is 4. The predicted molar refractivity (Wildman–Crippen MR) is 92.4 cm³/mol. The van der Waals surface area contributed by atoms with Crippen LogP contribution in [0.3, 0.4) is 0 Å². The van der Waals surface area contributed by atoms with Crippen LogP contribution in [0.1, 0.15) is 23.0 Å². The molecule has 2 aromatic rings. The van der Waals surface area contributed by atoms with E-state index in [2.05, 4.69) is 0 Å². The summed E-state index contributed by atoms with van der Waals surface area (Å²) in [7, 11) is 2.56. The van der Waals surface area contributed by atoms with Crippen LogP contribution in [0, 0.1) is 0 Å². The molecule has 0 aliphatic rings. The minimum Gasteiger partial charge on any atom is -0.469 e. The van der Waals surface area contributed by atoms with Crippen molar-refractivity contribution in [1.82, 2.24) is 0 Å². The Morgan fingerprint density at radius 2 is 1.00 bits per heavy atom. The largest absolute Gasteiger partial charge is 0.469 e. The first kappa shape index (κ1) is 18.3. The zero-order valence-corrected chi connectivity index (χ0v) is 14.7. The van der Waals surface area contributed by atoms with Crippen LogP contribution < -0.4 is 0 Å². The van der Waals surface area contributed by atoms with Crippen LogP contribution in [0.15, 0.2) is 48.5 Å². The molecule has 0 aliphatic heterocycles. The first-order chi connectivity index (χ1) is 11.5. The highest BCUT2D eigenvalue weighted by atomic mass is 35.5. The number of rotatable bonds is 5. The van der Waals surface area contributed by atoms with Crippen LogP contribution in [0.5, 0.6) is 0 Å². The summed E-state index contributed by atoms with van der Waals surface area (Å²) in [5, 5.41) is 1.06. The molecule has 0 bridgehead atoms. The molecule has 2 aromatic carbocycles. The number of carbonyl (C=O) groups is 2. The third-order valence-corrected chi connectivity index (χ3v) is 4.21. The van der Waals surface area contributed by atoms with Gasteiger partial charge < -0.3 is 9.47 Å². The summed E-state index contributed by atoms with van der Waals surface area (Å²) in [6.07, 6.45) is 0.